The first-order valence-corrected chi connectivity index (χ1v) is 6.92. The predicted octanol–water partition coefficient (Wildman–Crippen LogP) is 3.85. The molecule has 1 aliphatic rings. The van der Waals surface area contributed by atoms with E-state index in [0.717, 1.165) is 6.92 Å². The number of alkyl halides is 6. The molecule has 138 valence electrons. The average Bonchev–Trinajstić information content (AvgIpc) is 2.82. The van der Waals surface area contributed by atoms with Gasteiger partial charge in [0.2, 0.25) is 0 Å². The zero-order chi connectivity index (χ0) is 19.0. The van der Waals surface area contributed by atoms with Crippen molar-refractivity contribution >= 4 is 11.9 Å². The normalized spacial score (nSPS) is 18.2. The zero-order valence-electron chi connectivity index (χ0n) is 12.9. The molecule has 0 aromatic heterocycles. The van der Waals surface area contributed by atoms with Crippen LogP contribution in [0.3, 0.4) is 0 Å². The Morgan fingerprint density at radius 3 is 1.67 bits per heavy atom. The molecule has 0 spiro atoms. The molecule has 0 amide bonds. The third-order valence-electron chi connectivity index (χ3n) is 3.78. The standard InChI is InChI=1S/C14H16F6O4/c1-8(2)10(22)24-11(6-4-5-7-11)12(13(15,16)17,14(18,19)20)23-9(3)21/h1,4-7H2,2-3H3. The molecule has 1 fully saturated rings. The molecule has 0 radical (unpaired) electrons. The summed E-state index contributed by atoms with van der Waals surface area (Å²) in [6, 6.07) is 0. The lowest BCUT2D eigenvalue weighted by atomic mass is 9.79. The van der Waals surface area contributed by atoms with Gasteiger partial charge in [-0.3, -0.25) is 4.79 Å². The van der Waals surface area contributed by atoms with Gasteiger partial charge in [-0.05, 0) is 32.6 Å². The molecular weight excluding hydrogens is 346 g/mol. The van der Waals surface area contributed by atoms with Crippen LogP contribution < -0.4 is 0 Å². The molecule has 0 atom stereocenters. The molecule has 24 heavy (non-hydrogen) atoms. The summed E-state index contributed by atoms with van der Waals surface area (Å²) in [5.74, 6) is -3.20. The maximum atomic E-state index is 13.6. The Hall–Kier alpha value is -1.74. The fourth-order valence-electron chi connectivity index (χ4n) is 2.84. The molecule has 0 aromatic carbocycles. The van der Waals surface area contributed by atoms with E-state index in [-0.39, 0.29) is 18.4 Å². The number of rotatable bonds is 4. The van der Waals surface area contributed by atoms with Gasteiger partial charge in [0.05, 0.1) is 0 Å². The highest BCUT2D eigenvalue weighted by Crippen LogP contribution is 2.58. The predicted molar refractivity (Wildman–Crippen MR) is 68.7 cm³/mol. The van der Waals surface area contributed by atoms with E-state index < -0.39 is 48.3 Å². The number of hydrogen-bond donors (Lipinski definition) is 0. The minimum absolute atomic E-state index is 0.0569. The van der Waals surface area contributed by atoms with Gasteiger partial charge in [0.25, 0.3) is 0 Å². The monoisotopic (exact) mass is 362 g/mol. The molecule has 0 saturated heterocycles. The summed E-state index contributed by atoms with van der Waals surface area (Å²) in [7, 11) is 0. The minimum Gasteiger partial charge on any atom is -0.451 e. The number of halogens is 6. The van der Waals surface area contributed by atoms with Crippen LogP contribution in [0.1, 0.15) is 39.5 Å². The van der Waals surface area contributed by atoms with Crippen molar-refractivity contribution in [1.29, 1.82) is 0 Å². The first-order valence-electron chi connectivity index (χ1n) is 6.92. The quantitative estimate of drug-likeness (QED) is 0.433. The molecule has 10 heteroatoms. The number of carbonyl (C=O) groups is 2. The van der Waals surface area contributed by atoms with Crippen LogP contribution in [0.4, 0.5) is 26.3 Å². The lowest BCUT2D eigenvalue weighted by Gasteiger charge is -2.47. The lowest BCUT2D eigenvalue weighted by Crippen LogP contribution is -2.73. The number of carbonyl (C=O) groups excluding carboxylic acids is 2. The highest BCUT2D eigenvalue weighted by molar-refractivity contribution is 5.87. The molecule has 0 N–H and O–H groups in total. The molecule has 1 rings (SSSR count). The van der Waals surface area contributed by atoms with Gasteiger partial charge in [-0.25, -0.2) is 4.79 Å². The Morgan fingerprint density at radius 2 is 1.38 bits per heavy atom. The van der Waals surface area contributed by atoms with Crippen LogP contribution in [0.15, 0.2) is 12.2 Å². The van der Waals surface area contributed by atoms with E-state index >= 15 is 0 Å². The summed E-state index contributed by atoms with van der Waals surface area (Å²) in [4.78, 5) is 22.8. The van der Waals surface area contributed by atoms with Crippen molar-refractivity contribution in [3.8, 4) is 0 Å². The molecule has 0 heterocycles. The smallest absolute Gasteiger partial charge is 0.441 e. The summed E-state index contributed by atoms with van der Waals surface area (Å²) in [6.45, 7) is 4.66. The number of hydrogen-bond acceptors (Lipinski definition) is 4. The van der Waals surface area contributed by atoms with Crippen LogP contribution in [0, 0.1) is 0 Å². The van der Waals surface area contributed by atoms with Crippen LogP contribution in [0.25, 0.3) is 0 Å². The third-order valence-corrected chi connectivity index (χ3v) is 3.78. The van der Waals surface area contributed by atoms with Crippen molar-refractivity contribution in [2.75, 3.05) is 0 Å². The van der Waals surface area contributed by atoms with Gasteiger partial charge >= 0.3 is 29.9 Å². The first kappa shape index (κ1) is 20.3. The van der Waals surface area contributed by atoms with Crippen LogP contribution in [0.2, 0.25) is 0 Å². The maximum absolute atomic E-state index is 13.6. The Morgan fingerprint density at radius 1 is 0.958 bits per heavy atom. The molecule has 0 aromatic rings. The van der Waals surface area contributed by atoms with Crippen molar-refractivity contribution in [1.82, 2.24) is 0 Å². The molecule has 0 bridgehead atoms. The van der Waals surface area contributed by atoms with Gasteiger partial charge in [0, 0.05) is 12.5 Å². The Kier molecular flexibility index (Phi) is 5.32. The second kappa shape index (κ2) is 6.29. The largest absolute Gasteiger partial charge is 0.451 e. The van der Waals surface area contributed by atoms with Gasteiger partial charge < -0.3 is 9.47 Å². The lowest BCUT2D eigenvalue weighted by molar-refractivity contribution is -0.411. The molecule has 0 unspecified atom stereocenters. The Bertz CT molecular complexity index is 514. The molecular formula is C14H16F6O4. The van der Waals surface area contributed by atoms with Crippen molar-refractivity contribution in [3.05, 3.63) is 12.2 Å². The Balaban J connectivity index is 3.66. The molecule has 1 saturated carbocycles. The fourth-order valence-corrected chi connectivity index (χ4v) is 2.84. The highest BCUT2D eigenvalue weighted by atomic mass is 19.4. The van der Waals surface area contributed by atoms with Gasteiger partial charge in [0.15, 0.2) is 5.60 Å². The summed E-state index contributed by atoms with van der Waals surface area (Å²) in [6.07, 6.45) is -13.7. The van der Waals surface area contributed by atoms with Gasteiger partial charge in [-0.15, -0.1) is 0 Å². The topological polar surface area (TPSA) is 52.6 Å². The number of ether oxygens (including phenoxy) is 2. The van der Waals surface area contributed by atoms with E-state index in [0.29, 0.717) is 6.92 Å². The number of esters is 2. The second-order valence-corrected chi connectivity index (χ2v) is 5.64. The van der Waals surface area contributed by atoms with Gasteiger partial charge in [-0.2, -0.15) is 26.3 Å². The summed E-state index contributed by atoms with van der Waals surface area (Å²) >= 11 is 0. The molecule has 4 nitrogen and oxygen atoms in total. The minimum atomic E-state index is -6.05. The van der Waals surface area contributed by atoms with E-state index in [4.69, 9.17) is 0 Å². The van der Waals surface area contributed by atoms with E-state index in [1.54, 1.807) is 0 Å². The van der Waals surface area contributed by atoms with Crippen molar-refractivity contribution in [2.24, 2.45) is 0 Å². The average molecular weight is 362 g/mol. The van der Waals surface area contributed by atoms with Crippen LogP contribution in [-0.4, -0.2) is 35.5 Å². The van der Waals surface area contributed by atoms with Crippen molar-refractivity contribution < 1.29 is 45.4 Å². The van der Waals surface area contributed by atoms with Gasteiger partial charge in [0.1, 0.15) is 0 Å². The summed E-state index contributed by atoms with van der Waals surface area (Å²) < 4.78 is 89.9. The maximum Gasteiger partial charge on any atom is 0.441 e. The van der Waals surface area contributed by atoms with E-state index in [9.17, 15) is 35.9 Å². The van der Waals surface area contributed by atoms with Crippen molar-refractivity contribution in [3.63, 3.8) is 0 Å². The van der Waals surface area contributed by atoms with Crippen LogP contribution in [0.5, 0.6) is 0 Å². The second-order valence-electron chi connectivity index (χ2n) is 5.64. The van der Waals surface area contributed by atoms with Crippen LogP contribution in [-0.2, 0) is 19.1 Å². The van der Waals surface area contributed by atoms with E-state index in [2.05, 4.69) is 16.1 Å². The van der Waals surface area contributed by atoms with E-state index in [1.807, 2.05) is 0 Å². The molecule has 0 aliphatic heterocycles. The van der Waals surface area contributed by atoms with Gasteiger partial charge in [-0.1, -0.05) is 6.58 Å². The highest BCUT2D eigenvalue weighted by Gasteiger charge is 2.84. The first-order chi connectivity index (χ1) is 10.7. The third kappa shape index (κ3) is 3.23. The zero-order valence-corrected chi connectivity index (χ0v) is 12.9. The Labute approximate surface area is 133 Å². The SMILES string of the molecule is C=C(C)C(=O)OC1(C(OC(C)=O)(C(F)(F)F)C(F)(F)F)CCCC1. The summed E-state index contributed by atoms with van der Waals surface area (Å²) in [5.41, 5.74) is -8.41. The van der Waals surface area contributed by atoms with E-state index in [1.165, 1.54) is 0 Å². The van der Waals surface area contributed by atoms with Crippen LogP contribution >= 0.6 is 0 Å². The van der Waals surface area contributed by atoms with Crippen molar-refractivity contribution in [2.45, 2.75) is 63.1 Å². The molecule has 1 aliphatic carbocycles. The summed E-state index contributed by atoms with van der Waals surface area (Å²) in [5, 5.41) is 0. The fraction of sp³-hybridized carbons (Fsp3) is 0.714.